The molecule has 0 N–H and O–H groups in total. The van der Waals surface area contributed by atoms with E-state index in [1.54, 1.807) is 10.5 Å². The highest BCUT2D eigenvalue weighted by molar-refractivity contribution is 8.07. The van der Waals surface area contributed by atoms with Gasteiger partial charge in [-0.2, -0.15) is 0 Å². The van der Waals surface area contributed by atoms with E-state index in [1.807, 2.05) is 11.8 Å². The van der Waals surface area contributed by atoms with Gasteiger partial charge in [-0.15, -0.1) is 0 Å². The normalized spacial score (nSPS) is 19.6. The van der Waals surface area contributed by atoms with E-state index in [2.05, 4.69) is 30.8 Å². The maximum atomic E-state index is 4.07. The van der Waals surface area contributed by atoms with Crippen LogP contribution in [0.1, 0.15) is 24.0 Å². The van der Waals surface area contributed by atoms with Crippen molar-refractivity contribution < 1.29 is 0 Å². The summed E-state index contributed by atoms with van der Waals surface area (Å²) < 4.78 is 0. The van der Waals surface area contributed by atoms with Crippen LogP contribution in [-0.4, -0.2) is 0 Å². The number of allylic oxidation sites excluding steroid dienone is 3. The Hall–Kier alpha value is -0.950. The molecule has 1 aromatic carbocycles. The average molecular weight is 200 g/mol. The Morgan fingerprint density at radius 3 is 2.93 bits per heavy atom. The first-order valence-corrected chi connectivity index (χ1v) is 5.82. The van der Waals surface area contributed by atoms with Crippen molar-refractivity contribution in [2.24, 2.45) is 0 Å². The van der Waals surface area contributed by atoms with E-state index in [1.165, 1.54) is 28.9 Å². The molecule has 0 unspecified atom stereocenters. The summed E-state index contributed by atoms with van der Waals surface area (Å²) in [6, 6.07) is 8.79. The van der Waals surface area contributed by atoms with Gasteiger partial charge in [0.1, 0.15) is 0 Å². The number of thioether (sulfide) groups is 1. The molecule has 70 valence electrons. The summed E-state index contributed by atoms with van der Waals surface area (Å²) in [4.78, 5) is 2.88. The molecule has 1 aliphatic heterocycles. The molecule has 14 heavy (non-hydrogen) atoms. The molecule has 0 amide bonds. The minimum absolute atomic E-state index is 1.08. The Morgan fingerprint density at radius 1 is 1.14 bits per heavy atom. The lowest BCUT2D eigenvalue weighted by atomic mass is 9.89. The molecule has 3 rings (SSSR count). The Bertz CT molecular complexity index is 440. The lowest BCUT2D eigenvalue weighted by molar-refractivity contribution is 0.962. The fourth-order valence-electron chi connectivity index (χ4n) is 2.30. The zero-order chi connectivity index (χ0) is 9.54. The number of rotatable bonds is 0. The summed E-state index contributed by atoms with van der Waals surface area (Å²) >= 11 is 1.90. The molecule has 0 saturated heterocycles. The van der Waals surface area contributed by atoms with Crippen molar-refractivity contribution in [3.8, 4) is 0 Å². The summed E-state index contributed by atoms with van der Waals surface area (Å²) in [6.07, 6.45) is 3.50. The first-order chi connectivity index (χ1) is 6.84. The van der Waals surface area contributed by atoms with Gasteiger partial charge in [0.15, 0.2) is 0 Å². The van der Waals surface area contributed by atoms with Crippen LogP contribution in [0, 0.1) is 0 Å². The molecule has 0 atom stereocenters. The summed E-state index contributed by atoms with van der Waals surface area (Å²) in [5.41, 5.74) is 4.53. The lowest BCUT2D eigenvalue weighted by Crippen LogP contribution is -1.99. The molecule has 1 aliphatic carbocycles. The Morgan fingerprint density at radius 2 is 2.00 bits per heavy atom. The van der Waals surface area contributed by atoms with E-state index in [4.69, 9.17) is 0 Å². The van der Waals surface area contributed by atoms with Crippen LogP contribution in [0.15, 0.2) is 40.7 Å². The van der Waals surface area contributed by atoms with Crippen LogP contribution >= 0.6 is 11.8 Å². The first kappa shape index (κ1) is 8.37. The lowest BCUT2D eigenvalue weighted by Gasteiger charge is -2.17. The topological polar surface area (TPSA) is 0 Å². The molecule has 0 spiro atoms. The third kappa shape index (κ3) is 1.16. The molecule has 2 aliphatic rings. The van der Waals surface area contributed by atoms with E-state index in [-0.39, 0.29) is 0 Å². The average Bonchev–Trinajstić information content (AvgIpc) is 2.59. The summed E-state index contributed by atoms with van der Waals surface area (Å²) in [7, 11) is 0. The third-order valence-corrected chi connectivity index (χ3v) is 4.07. The monoisotopic (exact) mass is 200 g/mol. The van der Waals surface area contributed by atoms with Crippen LogP contribution in [0.5, 0.6) is 0 Å². The van der Waals surface area contributed by atoms with Gasteiger partial charge in [-0.1, -0.05) is 42.6 Å². The Labute approximate surface area is 88.7 Å². The van der Waals surface area contributed by atoms with Crippen molar-refractivity contribution >= 4 is 17.3 Å². The van der Waals surface area contributed by atoms with Gasteiger partial charge in [0.2, 0.25) is 0 Å². The predicted molar refractivity (Wildman–Crippen MR) is 63.0 cm³/mol. The highest BCUT2D eigenvalue weighted by Gasteiger charge is 2.24. The van der Waals surface area contributed by atoms with Crippen molar-refractivity contribution in [2.45, 2.75) is 19.3 Å². The zero-order valence-corrected chi connectivity index (χ0v) is 8.86. The second-order valence-corrected chi connectivity index (χ2v) is 5.15. The van der Waals surface area contributed by atoms with Gasteiger partial charge >= 0.3 is 0 Å². The Balaban J connectivity index is 2.15. The van der Waals surface area contributed by atoms with Crippen molar-refractivity contribution in [2.75, 3.05) is 0 Å². The Kier molecular flexibility index (Phi) is 1.81. The maximum Gasteiger partial charge on any atom is 0.00459 e. The largest absolute Gasteiger partial charge is 0.0989 e. The quantitative estimate of drug-likeness (QED) is 0.610. The fourth-order valence-corrected chi connectivity index (χ4v) is 3.37. The standard InChI is InChI=1S/C13H12S/c1-9-8-12-11-5-3-2-4-10(11)6-7-13(12)14-9/h2-5H,1,6-8H2. The first-order valence-electron chi connectivity index (χ1n) is 5.00. The van der Waals surface area contributed by atoms with Gasteiger partial charge in [-0.05, 0) is 39.4 Å². The molecule has 0 fully saturated rings. The van der Waals surface area contributed by atoms with Gasteiger partial charge in [0.05, 0.1) is 0 Å². The predicted octanol–water partition coefficient (Wildman–Crippen LogP) is 3.99. The van der Waals surface area contributed by atoms with Crippen LogP contribution in [-0.2, 0) is 6.42 Å². The van der Waals surface area contributed by atoms with Gasteiger partial charge in [-0.25, -0.2) is 0 Å². The molecule has 0 bridgehead atoms. The van der Waals surface area contributed by atoms with Crippen molar-refractivity contribution in [3.63, 3.8) is 0 Å². The molecule has 0 radical (unpaired) electrons. The third-order valence-electron chi connectivity index (χ3n) is 2.94. The van der Waals surface area contributed by atoms with E-state index in [0.717, 1.165) is 6.42 Å². The number of fused-ring (bicyclic) bond motifs is 2. The van der Waals surface area contributed by atoms with Crippen LogP contribution in [0.2, 0.25) is 0 Å². The smallest absolute Gasteiger partial charge is 0.00459 e. The second-order valence-electron chi connectivity index (χ2n) is 3.88. The summed E-state index contributed by atoms with van der Waals surface area (Å²) in [5, 5.41) is 0. The molecule has 1 heteroatoms. The zero-order valence-electron chi connectivity index (χ0n) is 8.05. The number of benzene rings is 1. The van der Waals surface area contributed by atoms with Crippen LogP contribution in [0.25, 0.3) is 5.57 Å². The molecular formula is C13H12S. The van der Waals surface area contributed by atoms with Crippen LogP contribution in [0.4, 0.5) is 0 Å². The van der Waals surface area contributed by atoms with Crippen molar-refractivity contribution in [1.29, 1.82) is 0 Å². The van der Waals surface area contributed by atoms with Gasteiger partial charge in [-0.3, -0.25) is 0 Å². The number of hydrogen-bond donors (Lipinski definition) is 0. The maximum absolute atomic E-state index is 4.07. The van der Waals surface area contributed by atoms with Crippen LogP contribution < -0.4 is 0 Å². The van der Waals surface area contributed by atoms with Gasteiger partial charge in [0, 0.05) is 6.42 Å². The van der Waals surface area contributed by atoms with E-state index in [9.17, 15) is 0 Å². The highest BCUT2D eigenvalue weighted by Crippen LogP contribution is 2.49. The fraction of sp³-hybridized carbons (Fsp3) is 0.231. The molecule has 0 aromatic heterocycles. The highest BCUT2D eigenvalue weighted by atomic mass is 32.2. The van der Waals surface area contributed by atoms with E-state index >= 15 is 0 Å². The molecular weight excluding hydrogens is 188 g/mol. The minimum atomic E-state index is 1.08. The van der Waals surface area contributed by atoms with E-state index in [0.29, 0.717) is 0 Å². The molecule has 0 saturated carbocycles. The summed E-state index contributed by atoms with van der Waals surface area (Å²) in [6.45, 7) is 4.07. The van der Waals surface area contributed by atoms with E-state index < -0.39 is 0 Å². The van der Waals surface area contributed by atoms with Gasteiger partial charge in [0.25, 0.3) is 0 Å². The molecule has 1 aromatic rings. The molecule has 1 heterocycles. The minimum Gasteiger partial charge on any atom is -0.0989 e. The molecule has 0 nitrogen and oxygen atoms in total. The second kappa shape index (κ2) is 3.03. The SMILES string of the molecule is C=C1CC2=C(CCc3ccccc32)S1. The number of hydrogen-bond acceptors (Lipinski definition) is 1. The summed E-state index contributed by atoms with van der Waals surface area (Å²) in [5.74, 6) is 0. The van der Waals surface area contributed by atoms with Crippen LogP contribution in [0.3, 0.4) is 0 Å². The van der Waals surface area contributed by atoms with Gasteiger partial charge < -0.3 is 0 Å². The van der Waals surface area contributed by atoms with Crippen molar-refractivity contribution in [3.05, 3.63) is 51.8 Å². The van der Waals surface area contributed by atoms with Crippen molar-refractivity contribution in [1.82, 2.24) is 0 Å². The number of aryl methyl sites for hydroxylation is 1.